The minimum atomic E-state index is -0.289. The lowest BCUT2D eigenvalue weighted by atomic mass is 9.87. The van der Waals surface area contributed by atoms with Crippen LogP contribution in [0.3, 0.4) is 0 Å². The van der Waals surface area contributed by atoms with Gasteiger partial charge in [-0.25, -0.2) is 0 Å². The standard InChI is InChI=1S/C17H19NO2S/c1-17(2,3)14-9-10-16(15(11-14)18(19)20)21-12-13-7-5-4-6-8-13/h4-11H,12H2,1-3H3. The maximum absolute atomic E-state index is 11.3. The van der Waals surface area contributed by atoms with Crippen molar-refractivity contribution in [3.8, 4) is 0 Å². The molecule has 0 amide bonds. The third-order valence-corrected chi connectivity index (χ3v) is 4.39. The lowest BCUT2D eigenvalue weighted by molar-refractivity contribution is -0.387. The average Bonchev–Trinajstić information content (AvgIpc) is 2.45. The first-order chi connectivity index (χ1) is 9.88. The quantitative estimate of drug-likeness (QED) is 0.443. The monoisotopic (exact) mass is 301 g/mol. The Morgan fingerprint density at radius 1 is 1.10 bits per heavy atom. The van der Waals surface area contributed by atoms with Crippen LogP contribution in [-0.4, -0.2) is 4.92 Å². The van der Waals surface area contributed by atoms with Crippen molar-refractivity contribution in [2.75, 3.05) is 0 Å². The molecule has 0 saturated carbocycles. The third kappa shape index (κ3) is 4.08. The number of hydrogen-bond acceptors (Lipinski definition) is 3. The summed E-state index contributed by atoms with van der Waals surface area (Å²) in [7, 11) is 0. The Bertz CT molecular complexity index is 633. The minimum absolute atomic E-state index is 0.0899. The smallest absolute Gasteiger partial charge is 0.258 e. The summed E-state index contributed by atoms with van der Waals surface area (Å²) in [5.41, 5.74) is 2.26. The van der Waals surface area contributed by atoms with Gasteiger partial charge in [-0.1, -0.05) is 57.2 Å². The van der Waals surface area contributed by atoms with Crippen LogP contribution in [-0.2, 0) is 11.2 Å². The molecule has 0 spiro atoms. The van der Waals surface area contributed by atoms with E-state index < -0.39 is 0 Å². The fourth-order valence-corrected chi connectivity index (χ4v) is 2.94. The Balaban J connectivity index is 2.25. The highest BCUT2D eigenvalue weighted by atomic mass is 32.2. The predicted octanol–water partition coefficient (Wildman–Crippen LogP) is 5.18. The van der Waals surface area contributed by atoms with Crippen LogP contribution in [0.25, 0.3) is 0 Å². The molecule has 2 aromatic carbocycles. The van der Waals surface area contributed by atoms with E-state index in [0.717, 1.165) is 21.8 Å². The molecule has 2 aromatic rings. The Labute approximate surface area is 129 Å². The summed E-state index contributed by atoms with van der Waals surface area (Å²) in [5, 5.41) is 11.3. The van der Waals surface area contributed by atoms with Gasteiger partial charge in [0.2, 0.25) is 0 Å². The van der Waals surface area contributed by atoms with Gasteiger partial charge in [0, 0.05) is 11.8 Å². The fourth-order valence-electron chi connectivity index (χ4n) is 1.98. The minimum Gasteiger partial charge on any atom is -0.258 e. The molecule has 0 bridgehead atoms. The molecule has 110 valence electrons. The fraction of sp³-hybridized carbons (Fsp3) is 0.294. The van der Waals surface area contributed by atoms with E-state index >= 15 is 0 Å². The second kappa shape index (κ2) is 6.31. The molecule has 0 atom stereocenters. The van der Waals surface area contributed by atoms with E-state index in [1.807, 2.05) is 42.5 Å². The van der Waals surface area contributed by atoms with Crippen LogP contribution in [0.5, 0.6) is 0 Å². The first-order valence-corrected chi connectivity index (χ1v) is 7.82. The average molecular weight is 301 g/mol. The Morgan fingerprint density at radius 2 is 1.76 bits per heavy atom. The molecule has 0 fully saturated rings. The van der Waals surface area contributed by atoms with Crippen LogP contribution in [0.2, 0.25) is 0 Å². The number of thioether (sulfide) groups is 1. The number of rotatable bonds is 4. The summed E-state index contributed by atoms with van der Waals surface area (Å²) in [4.78, 5) is 11.7. The van der Waals surface area contributed by atoms with Crippen LogP contribution in [0.15, 0.2) is 53.4 Å². The summed E-state index contributed by atoms with van der Waals surface area (Å²) >= 11 is 1.51. The summed E-state index contributed by atoms with van der Waals surface area (Å²) in [5.74, 6) is 0.733. The van der Waals surface area contributed by atoms with Crippen LogP contribution < -0.4 is 0 Å². The second-order valence-electron chi connectivity index (χ2n) is 5.96. The van der Waals surface area contributed by atoms with Crippen molar-refractivity contribution in [3.05, 3.63) is 69.8 Å². The molecule has 0 radical (unpaired) electrons. The number of nitrogens with zero attached hydrogens (tertiary/aromatic N) is 1. The number of nitro benzene ring substituents is 1. The van der Waals surface area contributed by atoms with Crippen molar-refractivity contribution in [3.63, 3.8) is 0 Å². The van der Waals surface area contributed by atoms with Gasteiger partial charge in [0.05, 0.1) is 9.82 Å². The summed E-state index contributed by atoms with van der Waals surface area (Å²) in [6, 6.07) is 15.5. The Hall–Kier alpha value is -1.81. The number of nitro groups is 1. The van der Waals surface area contributed by atoms with E-state index in [-0.39, 0.29) is 16.0 Å². The van der Waals surface area contributed by atoms with Crippen LogP contribution in [0.4, 0.5) is 5.69 Å². The molecule has 0 aliphatic carbocycles. The van der Waals surface area contributed by atoms with Gasteiger partial charge < -0.3 is 0 Å². The molecule has 4 heteroatoms. The molecule has 0 aliphatic rings. The zero-order chi connectivity index (χ0) is 15.5. The van der Waals surface area contributed by atoms with E-state index in [2.05, 4.69) is 20.8 Å². The van der Waals surface area contributed by atoms with E-state index in [0.29, 0.717) is 0 Å². The highest BCUT2D eigenvalue weighted by Crippen LogP contribution is 2.35. The normalized spacial score (nSPS) is 11.4. The van der Waals surface area contributed by atoms with Gasteiger partial charge in [-0.15, -0.1) is 11.8 Å². The molecule has 3 nitrogen and oxygen atoms in total. The molecule has 0 saturated heterocycles. The van der Waals surface area contributed by atoms with Gasteiger partial charge in [-0.05, 0) is 22.6 Å². The van der Waals surface area contributed by atoms with Crippen molar-refractivity contribution in [2.24, 2.45) is 0 Å². The van der Waals surface area contributed by atoms with Gasteiger partial charge in [0.1, 0.15) is 0 Å². The summed E-state index contributed by atoms with van der Waals surface area (Å²) < 4.78 is 0. The Kier molecular flexibility index (Phi) is 4.68. The van der Waals surface area contributed by atoms with Crippen molar-refractivity contribution < 1.29 is 4.92 Å². The molecule has 2 rings (SSSR count). The molecule has 0 aromatic heterocycles. The van der Waals surface area contributed by atoms with Gasteiger partial charge in [-0.2, -0.15) is 0 Å². The molecule has 0 heterocycles. The maximum Gasteiger partial charge on any atom is 0.283 e. The number of hydrogen-bond donors (Lipinski definition) is 0. The van der Waals surface area contributed by atoms with E-state index in [4.69, 9.17) is 0 Å². The highest BCUT2D eigenvalue weighted by molar-refractivity contribution is 7.98. The molecule has 21 heavy (non-hydrogen) atoms. The maximum atomic E-state index is 11.3. The first kappa shape index (κ1) is 15.6. The van der Waals surface area contributed by atoms with Gasteiger partial charge in [0.25, 0.3) is 5.69 Å². The molecular formula is C17H19NO2S. The molecule has 0 unspecified atom stereocenters. The summed E-state index contributed by atoms with van der Waals surface area (Å²) in [6.45, 7) is 6.18. The highest BCUT2D eigenvalue weighted by Gasteiger charge is 2.20. The SMILES string of the molecule is CC(C)(C)c1ccc(SCc2ccccc2)c([N+](=O)[O-])c1. The summed E-state index contributed by atoms with van der Waals surface area (Å²) in [6.07, 6.45) is 0. The van der Waals surface area contributed by atoms with E-state index in [1.54, 1.807) is 6.07 Å². The van der Waals surface area contributed by atoms with Crippen molar-refractivity contribution in [1.29, 1.82) is 0 Å². The molecule has 0 N–H and O–H groups in total. The van der Waals surface area contributed by atoms with Crippen molar-refractivity contribution >= 4 is 17.4 Å². The first-order valence-electron chi connectivity index (χ1n) is 6.83. The van der Waals surface area contributed by atoms with E-state index in [9.17, 15) is 10.1 Å². The zero-order valence-corrected chi connectivity index (χ0v) is 13.3. The zero-order valence-electron chi connectivity index (χ0n) is 12.5. The van der Waals surface area contributed by atoms with Crippen LogP contribution in [0, 0.1) is 10.1 Å². The van der Waals surface area contributed by atoms with Crippen LogP contribution in [0.1, 0.15) is 31.9 Å². The van der Waals surface area contributed by atoms with E-state index in [1.165, 1.54) is 11.8 Å². The van der Waals surface area contributed by atoms with Gasteiger partial charge in [-0.3, -0.25) is 10.1 Å². The predicted molar refractivity (Wildman–Crippen MR) is 87.8 cm³/mol. The molecule has 0 aliphatic heterocycles. The number of benzene rings is 2. The third-order valence-electron chi connectivity index (χ3n) is 3.26. The molecular weight excluding hydrogens is 282 g/mol. The van der Waals surface area contributed by atoms with Gasteiger partial charge in [0.15, 0.2) is 0 Å². The Morgan fingerprint density at radius 3 is 2.33 bits per heavy atom. The topological polar surface area (TPSA) is 43.1 Å². The van der Waals surface area contributed by atoms with Gasteiger partial charge >= 0.3 is 0 Å². The largest absolute Gasteiger partial charge is 0.283 e. The second-order valence-corrected chi connectivity index (χ2v) is 6.98. The lowest BCUT2D eigenvalue weighted by Crippen LogP contribution is -2.11. The van der Waals surface area contributed by atoms with Crippen LogP contribution >= 0.6 is 11.8 Å². The van der Waals surface area contributed by atoms with Crippen molar-refractivity contribution in [1.82, 2.24) is 0 Å². The van der Waals surface area contributed by atoms with Crippen molar-refractivity contribution in [2.45, 2.75) is 36.8 Å². The lowest BCUT2D eigenvalue weighted by Gasteiger charge is -2.19.